The molecule has 17 heteroatoms. The largest absolute Gasteiger partial charge is 0.479 e. The number of nitrogens with one attached hydrogen (secondary N) is 1. The fraction of sp³-hybridized carbons (Fsp3) is 0.575. The number of ether oxygens (including phenoxy) is 1. The van der Waals surface area contributed by atoms with E-state index in [1.54, 1.807) is 49.1 Å². The lowest BCUT2D eigenvalue weighted by atomic mass is 9.66. The molecule has 2 N–H and O–H groups in total. The van der Waals surface area contributed by atoms with Crippen LogP contribution in [0.25, 0.3) is 22.3 Å². The first kappa shape index (κ1) is 40.2. The van der Waals surface area contributed by atoms with Gasteiger partial charge in [-0.1, -0.05) is 33.6 Å². The highest BCUT2D eigenvalue weighted by atomic mass is 19.4. The number of fused-ring (bicyclic) bond motifs is 1. The SMILES string of the molecule is CC1CCCC(C(NC(=O)c2cnc(-c3cn(C4CCC(F)(F)CC4)c4cc(OC5CCN(c6ncccn6)CC5)ncc34)nc2C(F)(F)F)(C(=O)O)C(C)C)C1. The van der Waals surface area contributed by atoms with E-state index in [1.807, 2.05) is 6.92 Å². The highest BCUT2D eigenvalue weighted by molar-refractivity contribution is 5.99. The van der Waals surface area contributed by atoms with Crippen LogP contribution < -0.4 is 15.0 Å². The van der Waals surface area contributed by atoms with E-state index in [1.165, 1.54) is 6.20 Å². The van der Waals surface area contributed by atoms with Crippen molar-refractivity contribution in [3.63, 3.8) is 0 Å². The molecule has 3 aliphatic rings. The van der Waals surface area contributed by atoms with Gasteiger partial charge in [-0.3, -0.25) is 4.79 Å². The molecule has 0 bridgehead atoms. The summed E-state index contributed by atoms with van der Waals surface area (Å²) >= 11 is 0. The maximum atomic E-state index is 14.8. The van der Waals surface area contributed by atoms with Crippen molar-refractivity contribution in [2.45, 2.75) is 115 Å². The van der Waals surface area contributed by atoms with Gasteiger partial charge in [0.2, 0.25) is 17.8 Å². The fourth-order valence-electron chi connectivity index (χ4n) is 8.96. The van der Waals surface area contributed by atoms with E-state index in [-0.39, 0.29) is 55.0 Å². The Kier molecular flexibility index (Phi) is 11.1. The first-order valence-electron chi connectivity index (χ1n) is 19.6. The lowest BCUT2D eigenvalue weighted by Crippen LogP contribution is -2.63. The Balaban J connectivity index is 1.22. The normalized spacial score (nSPS) is 22.0. The summed E-state index contributed by atoms with van der Waals surface area (Å²) in [6, 6.07) is 3.00. The Labute approximate surface area is 326 Å². The van der Waals surface area contributed by atoms with Crippen LogP contribution in [0.5, 0.6) is 5.88 Å². The maximum Gasteiger partial charge on any atom is 0.434 e. The quantitative estimate of drug-likeness (QED) is 0.151. The minimum absolute atomic E-state index is 0.128. The highest BCUT2D eigenvalue weighted by Gasteiger charge is 2.51. The van der Waals surface area contributed by atoms with Gasteiger partial charge in [0, 0.05) is 92.8 Å². The summed E-state index contributed by atoms with van der Waals surface area (Å²) in [7, 11) is 0. The summed E-state index contributed by atoms with van der Waals surface area (Å²) < 4.78 is 81.1. The van der Waals surface area contributed by atoms with Crippen LogP contribution in [0.15, 0.2) is 43.1 Å². The monoisotopic (exact) mass is 798 g/mol. The van der Waals surface area contributed by atoms with Crippen LogP contribution in [0.2, 0.25) is 0 Å². The number of nitrogens with zero attached hydrogens (tertiary/aromatic N) is 7. The van der Waals surface area contributed by atoms with Crippen LogP contribution in [0.4, 0.5) is 27.9 Å². The summed E-state index contributed by atoms with van der Waals surface area (Å²) in [5, 5.41) is 13.4. The summed E-state index contributed by atoms with van der Waals surface area (Å²) in [5.74, 6) is -5.79. The molecule has 2 aliphatic carbocycles. The van der Waals surface area contributed by atoms with Crippen LogP contribution in [0.3, 0.4) is 0 Å². The van der Waals surface area contributed by atoms with E-state index >= 15 is 0 Å². The van der Waals surface area contributed by atoms with Gasteiger partial charge in [-0.15, -0.1) is 0 Å². The zero-order valence-electron chi connectivity index (χ0n) is 32.1. The fourth-order valence-corrected chi connectivity index (χ4v) is 8.96. The first-order valence-corrected chi connectivity index (χ1v) is 19.6. The van der Waals surface area contributed by atoms with Gasteiger partial charge in [0.15, 0.2) is 11.5 Å². The van der Waals surface area contributed by atoms with Crippen molar-refractivity contribution in [3.05, 3.63) is 54.4 Å². The minimum Gasteiger partial charge on any atom is -0.479 e. The lowest BCUT2D eigenvalue weighted by Gasteiger charge is -2.44. The van der Waals surface area contributed by atoms with E-state index in [0.717, 1.165) is 19.0 Å². The summed E-state index contributed by atoms with van der Waals surface area (Å²) in [4.78, 5) is 50.1. The van der Waals surface area contributed by atoms with Gasteiger partial charge in [-0.25, -0.2) is 38.5 Å². The maximum absolute atomic E-state index is 14.8. The van der Waals surface area contributed by atoms with Crippen LogP contribution in [-0.2, 0) is 11.0 Å². The predicted molar refractivity (Wildman–Crippen MR) is 200 cm³/mol. The number of rotatable bonds is 10. The van der Waals surface area contributed by atoms with Crippen molar-refractivity contribution >= 4 is 28.7 Å². The lowest BCUT2D eigenvalue weighted by molar-refractivity contribution is -0.150. The molecule has 2 saturated carbocycles. The standard InChI is InChI=1S/C40H47F5N8O4/c1-23(2)39(36(55)56,25-7-4-6-24(3)18-25)51-35(54)29-21-49-34(50-33(29)40(43,44)45)30-22-53(26-8-12-38(41,42)13-9-26)31-19-32(48-20-28(30)31)57-27-10-16-52(17-11-27)37-46-14-5-15-47-37/h5,14-15,19-27H,4,6-13,16-18H2,1-3H3,(H,51,54)(H,55,56). The minimum atomic E-state index is -5.12. The van der Waals surface area contributed by atoms with Crippen molar-refractivity contribution in [2.75, 3.05) is 18.0 Å². The molecule has 3 fully saturated rings. The number of halogens is 5. The molecule has 4 aromatic heterocycles. The number of alkyl halides is 5. The zero-order chi connectivity index (χ0) is 40.7. The summed E-state index contributed by atoms with van der Waals surface area (Å²) in [5.41, 5.74) is -3.59. The summed E-state index contributed by atoms with van der Waals surface area (Å²) in [6.07, 6.45) is 5.31. The van der Waals surface area contributed by atoms with Crippen LogP contribution in [0.1, 0.15) is 107 Å². The smallest absolute Gasteiger partial charge is 0.434 e. The molecule has 5 heterocycles. The Hall–Kier alpha value is -4.96. The number of hydrogen-bond acceptors (Lipinski definition) is 9. The van der Waals surface area contributed by atoms with Crippen LogP contribution in [0, 0.1) is 17.8 Å². The van der Waals surface area contributed by atoms with Crippen molar-refractivity contribution in [3.8, 4) is 17.3 Å². The molecular weight excluding hydrogens is 751 g/mol. The van der Waals surface area contributed by atoms with E-state index in [0.29, 0.717) is 55.6 Å². The third-order valence-electron chi connectivity index (χ3n) is 12.0. The molecule has 1 amide bonds. The van der Waals surface area contributed by atoms with Crippen molar-refractivity contribution in [2.24, 2.45) is 17.8 Å². The van der Waals surface area contributed by atoms with Crippen LogP contribution in [-0.4, -0.2) is 77.1 Å². The second-order valence-corrected chi connectivity index (χ2v) is 16.1. The van der Waals surface area contributed by atoms with Gasteiger partial charge >= 0.3 is 12.1 Å². The molecule has 57 heavy (non-hydrogen) atoms. The second kappa shape index (κ2) is 15.8. The number of aliphatic carboxylic acids is 1. The van der Waals surface area contributed by atoms with Crippen molar-refractivity contribution in [1.29, 1.82) is 0 Å². The van der Waals surface area contributed by atoms with Gasteiger partial charge in [0.05, 0.1) is 11.1 Å². The molecular formula is C40H47F5N8O4. The number of piperidine rings is 1. The zero-order valence-corrected chi connectivity index (χ0v) is 32.1. The average molecular weight is 799 g/mol. The number of amides is 1. The van der Waals surface area contributed by atoms with E-state index in [2.05, 4.69) is 35.1 Å². The number of carbonyl (C=O) groups is 2. The van der Waals surface area contributed by atoms with Crippen molar-refractivity contribution in [1.82, 2.24) is 34.8 Å². The Morgan fingerprint density at radius 1 is 0.982 bits per heavy atom. The Bertz CT molecular complexity index is 2080. The van der Waals surface area contributed by atoms with Crippen LogP contribution >= 0.6 is 0 Å². The molecule has 12 nitrogen and oxygen atoms in total. The second-order valence-electron chi connectivity index (χ2n) is 16.1. The van der Waals surface area contributed by atoms with Gasteiger partial charge in [0.1, 0.15) is 11.6 Å². The van der Waals surface area contributed by atoms with E-state index in [9.17, 15) is 36.6 Å². The number of aromatic nitrogens is 6. The molecule has 0 spiro atoms. The molecule has 306 valence electrons. The van der Waals surface area contributed by atoms with Gasteiger partial charge in [-0.05, 0) is 49.5 Å². The first-order chi connectivity index (χ1) is 27.1. The van der Waals surface area contributed by atoms with Gasteiger partial charge < -0.3 is 24.6 Å². The van der Waals surface area contributed by atoms with E-state index < -0.39 is 58.6 Å². The molecule has 0 radical (unpaired) electrons. The molecule has 4 aromatic rings. The molecule has 3 unspecified atom stereocenters. The molecule has 7 rings (SSSR count). The number of hydrogen-bond donors (Lipinski definition) is 2. The number of anilines is 1. The number of carboxylic acids is 1. The van der Waals surface area contributed by atoms with Gasteiger partial charge in [-0.2, -0.15) is 13.2 Å². The van der Waals surface area contributed by atoms with Gasteiger partial charge in [0.25, 0.3) is 5.91 Å². The van der Waals surface area contributed by atoms with Crippen molar-refractivity contribution < 1.29 is 41.4 Å². The topological polar surface area (TPSA) is 148 Å². The summed E-state index contributed by atoms with van der Waals surface area (Å²) in [6.45, 7) is 6.56. The molecule has 3 atom stereocenters. The number of pyridine rings is 1. The highest BCUT2D eigenvalue weighted by Crippen LogP contribution is 2.44. The molecule has 1 aliphatic heterocycles. The predicted octanol–water partition coefficient (Wildman–Crippen LogP) is 8.14. The third-order valence-corrected chi connectivity index (χ3v) is 12.0. The van der Waals surface area contributed by atoms with E-state index in [4.69, 9.17) is 4.74 Å². The number of carbonyl (C=O) groups excluding carboxylic acids is 1. The third kappa shape index (κ3) is 8.24. The Morgan fingerprint density at radius 2 is 1.68 bits per heavy atom. The molecule has 0 aromatic carbocycles. The Morgan fingerprint density at radius 3 is 2.32 bits per heavy atom. The molecule has 1 saturated heterocycles. The number of carboxylic acid groups (broad SMARTS) is 1. The average Bonchev–Trinajstić information content (AvgIpc) is 3.55.